The Morgan fingerprint density at radius 2 is 1.47 bits per heavy atom. The average Bonchev–Trinajstić information content (AvgIpc) is 2.84. The van der Waals surface area contributed by atoms with Crippen molar-refractivity contribution < 1.29 is 14.5 Å². The molecule has 2 aromatic carbocycles. The van der Waals surface area contributed by atoms with E-state index in [0.29, 0.717) is 57.8 Å². The van der Waals surface area contributed by atoms with E-state index in [4.69, 9.17) is 0 Å². The van der Waals surface area contributed by atoms with Crippen LogP contribution in [0, 0.1) is 16.0 Å². The minimum Gasteiger partial charge on any atom is -0.362 e. The Balaban J connectivity index is 1.27. The van der Waals surface area contributed by atoms with Crippen molar-refractivity contribution in [2.45, 2.75) is 12.8 Å². The standard InChI is InChI=1S/C23H27N5O4/c29-22(18-10-12-27(13-11-18)23(30)24-19-6-2-1-3-7-19)26-16-14-25(15-17-26)20-8-4-5-9-21(20)28(31)32/h1-9,18H,10-17H2,(H,24,30). The first-order valence-corrected chi connectivity index (χ1v) is 10.9. The van der Waals surface area contributed by atoms with Crippen LogP contribution in [-0.2, 0) is 4.79 Å². The maximum absolute atomic E-state index is 13.0. The molecule has 3 amide bonds. The second-order valence-corrected chi connectivity index (χ2v) is 8.12. The van der Waals surface area contributed by atoms with Crippen LogP contribution in [-0.4, -0.2) is 65.9 Å². The van der Waals surface area contributed by atoms with Gasteiger partial charge in [-0.15, -0.1) is 0 Å². The molecule has 4 rings (SSSR count). The predicted octanol–water partition coefficient (Wildman–Crippen LogP) is 3.19. The maximum atomic E-state index is 13.0. The first-order valence-electron chi connectivity index (χ1n) is 10.9. The van der Waals surface area contributed by atoms with E-state index >= 15 is 0 Å². The lowest BCUT2D eigenvalue weighted by Gasteiger charge is -2.39. The largest absolute Gasteiger partial charge is 0.362 e. The number of anilines is 2. The molecule has 2 heterocycles. The smallest absolute Gasteiger partial charge is 0.321 e. The van der Waals surface area contributed by atoms with E-state index in [1.54, 1.807) is 23.1 Å². The number of para-hydroxylation sites is 3. The van der Waals surface area contributed by atoms with Gasteiger partial charge in [-0.25, -0.2) is 4.79 Å². The third-order valence-corrected chi connectivity index (χ3v) is 6.17. The number of nitrogens with zero attached hydrogens (tertiary/aromatic N) is 4. The highest BCUT2D eigenvalue weighted by Crippen LogP contribution is 2.29. The Morgan fingerprint density at radius 1 is 0.844 bits per heavy atom. The summed E-state index contributed by atoms with van der Waals surface area (Å²) < 4.78 is 0. The summed E-state index contributed by atoms with van der Waals surface area (Å²) in [6.07, 6.45) is 1.29. The van der Waals surface area contributed by atoms with E-state index in [1.807, 2.05) is 40.1 Å². The number of piperazine rings is 1. The summed E-state index contributed by atoms with van der Waals surface area (Å²) in [7, 11) is 0. The summed E-state index contributed by atoms with van der Waals surface area (Å²) >= 11 is 0. The van der Waals surface area contributed by atoms with Gasteiger partial charge in [0.1, 0.15) is 5.69 Å². The number of nitro groups is 1. The Kier molecular flexibility index (Phi) is 6.53. The molecule has 0 bridgehead atoms. The van der Waals surface area contributed by atoms with E-state index in [1.165, 1.54) is 6.07 Å². The first-order chi connectivity index (χ1) is 15.5. The fourth-order valence-electron chi connectivity index (χ4n) is 4.37. The molecule has 0 radical (unpaired) electrons. The molecule has 0 aliphatic carbocycles. The van der Waals surface area contributed by atoms with Crippen LogP contribution in [0.3, 0.4) is 0 Å². The van der Waals surface area contributed by atoms with Crippen molar-refractivity contribution in [2.24, 2.45) is 5.92 Å². The van der Waals surface area contributed by atoms with Crippen molar-refractivity contribution in [3.05, 3.63) is 64.7 Å². The van der Waals surface area contributed by atoms with E-state index in [2.05, 4.69) is 5.32 Å². The lowest BCUT2D eigenvalue weighted by atomic mass is 9.95. The normalized spacial score (nSPS) is 17.2. The second kappa shape index (κ2) is 9.67. The number of nitro benzene ring substituents is 1. The molecular formula is C23H27N5O4. The molecule has 2 aliphatic heterocycles. The molecule has 0 atom stereocenters. The Morgan fingerprint density at radius 3 is 2.12 bits per heavy atom. The molecule has 0 saturated carbocycles. The van der Waals surface area contributed by atoms with Gasteiger partial charge in [-0.1, -0.05) is 30.3 Å². The Bertz CT molecular complexity index is 967. The number of carbonyl (C=O) groups is 2. The predicted molar refractivity (Wildman–Crippen MR) is 122 cm³/mol. The third-order valence-electron chi connectivity index (χ3n) is 6.17. The minimum absolute atomic E-state index is 0.0895. The highest BCUT2D eigenvalue weighted by atomic mass is 16.6. The zero-order valence-corrected chi connectivity index (χ0v) is 17.9. The molecule has 0 aromatic heterocycles. The molecular weight excluding hydrogens is 410 g/mol. The van der Waals surface area contributed by atoms with Gasteiger partial charge in [-0.2, -0.15) is 0 Å². The number of benzene rings is 2. The second-order valence-electron chi connectivity index (χ2n) is 8.12. The fourth-order valence-corrected chi connectivity index (χ4v) is 4.37. The van der Waals surface area contributed by atoms with Crippen molar-refractivity contribution >= 4 is 29.0 Å². The van der Waals surface area contributed by atoms with Gasteiger partial charge in [-0.3, -0.25) is 14.9 Å². The summed E-state index contributed by atoms with van der Waals surface area (Å²) in [5.41, 5.74) is 1.45. The third kappa shape index (κ3) is 4.82. The Hall–Kier alpha value is -3.62. The lowest BCUT2D eigenvalue weighted by molar-refractivity contribution is -0.384. The highest BCUT2D eigenvalue weighted by Gasteiger charge is 2.32. The van der Waals surface area contributed by atoms with Gasteiger partial charge in [-0.05, 0) is 31.0 Å². The summed E-state index contributed by atoms with van der Waals surface area (Å²) in [5, 5.41) is 14.2. The van der Waals surface area contributed by atoms with Gasteiger partial charge in [0.15, 0.2) is 0 Å². The van der Waals surface area contributed by atoms with Crippen molar-refractivity contribution in [2.75, 3.05) is 49.5 Å². The number of hydrogen-bond donors (Lipinski definition) is 1. The molecule has 0 spiro atoms. The van der Waals surface area contributed by atoms with Gasteiger partial charge in [0.2, 0.25) is 5.91 Å². The van der Waals surface area contributed by atoms with Gasteiger partial charge in [0, 0.05) is 56.9 Å². The van der Waals surface area contributed by atoms with Crippen LogP contribution >= 0.6 is 0 Å². The number of piperidine rings is 1. The molecule has 0 unspecified atom stereocenters. The van der Waals surface area contributed by atoms with Crippen LogP contribution < -0.4 is 10.2 Å². The summed E-state index contributed by atoms with van der Waals surface area (Å²) in [6.45, 7) is 3.31. The van der Waals surface area contributed by atoms with Gasteiger partial charge >= 0.3 is 6.03 Å². The van der Waals surface area contributed by atoms with Gasteiger partial charge in [0.25, 0.3) is 5.69 Å². The first kappa shape index (κ1) is 21.6. The molecule has 2 aliphatic rings. The van der Waals surface area contributed by atoms with E-state index < -0.39 is 0 Å². The Labute approximate surface area is 186 Å². The van der Waals surface area contributed by atoms with Crippen LogP contribution in [0.4, 0.5) is 21.9 Å². The van der Waals surface area contributed by atoms with Gasteiger partial charge < -0.3 is 20.0 Å². The van der Waals surface area contributed by atoms with E-state index in [0.717, 1.165) is 5.69 Å². The van der Waals surface area contributed by atoms with Gasteiger partial charge in [0.05, 0.1) is 4.92 Å². The summed E-state index contributed by atoms with van der Waals surface area (Å²) in [4.78, 5) is 42.0. The van der Waals surface area contributed by atoms with Crippen LogP contribution in [0.1, 0.15) is 12.8 Å². The number of nitrogens with one attached hydrogen (secondary N) is 1. The van der Waals surface area contributed by atoms with Crippen molar-refractivity contribution in [3.8, 4) is 0 Å². The molecule has 9 nitrogen and oxygen atoms in total. The summed E-state index contributed by atoms with van der Waals surface area (Å²) in [6, 6.07) is 15.9. The van der Waals surface area contributed by atoms with Crippen molar-refractivity contribution in [3.63, 3.8) is 0 Å². The minimum atomic E-state index is -0.366. The van der Waals surface area contributed by atoms with Crippen LogP contribution in [0.2, 0.25) is 0 Å². The number of urea groups is 1. The molecule has 2 aromatic rings. The topological polar surface area (TPSA) is 99.0 Å². The number of rotatable bonds is 4. The SMILES string of the molecule is O=C(Nc1ccccc1)N1CCC(C(=O)N2CCN(c3ccccc3[N+](=O)[O-])CC2)CC1. The fraction of sp³-hybridized carbons (Fsp3) is 0.391. The van der Waals surface area contributed by atoms with Crippen LogP contribution in [0.25, 0.3) is 0 Å². The highest BCUT2D eigenvalue weighted by molar-refractivity contribution is 5.89. The zero-order chi connectivity index (χ0) is 22.5. The summed E-state index contributed by atoms with van der Waals surface area (Å²) in [5.74, 6) is 0.0312. The van der Waals surface area contributed by atoms with Crippen molar-refractivity contribution in [1.82, 2.24) is 9.80 Å². The lowest BCUT2D eigenvalue weighted by Crippen LogP contribution is -2.52. The van der Waals surface area contributed by atoms with E-state index in [9.17, 15) is 19.7 Å². The van der Waals surface area contributed by atoms with Crippen LogP contribution in [0.5, 0.6) is 0 Å². The molecule has 1 N–H and O–H groups in total. The average molecular weight is 438 g/mol. The molecule has 2 saturated heterocycles. The zero-order valence-electron chi connectivity index (χ0n) is 17.9. The molecule has 9 heteroatoms. The molecule has 2 fully saturated rings. The van der Waals surface area contributed by atoms with Crippen molar-refractivity contribution in [1.29, 1.82) is 0 Å². The molecule has 168 valence electrons. The number of amides is 3. The van der Waals surface area contributed by atoms with E-state index in [-0.39, 0.29) is 28.5 Å². The van der Waals surface area contributed by atoms with Crippen LogP contribution in [0.15, 0.2) is 54.6 Å². The number of carbonyl (C=O) groups excluding carboxylic acids is 2. The monoisotopic (exact) mass is 437 g/mol. The maximum Gasteiger partial charge on any atom is 0.321 e. The number of hydrogen-bond acceptors (Lipinski definition) is 5. The molecule has 32 heavy (non-hydrogen) atoms. The quantitative estimate of drug-likeness (QED) is 0.585. The number of likely N-dealkylation sites (tertiary alicyclic amines) is 1.